The van der Waals surface area contributed by atoms with E-state index >= 15 is 0 Å². The predicted octanol–water partition coefficient (Wildman–Crippen LogP) is 2.86. The van der Waals surface area contributed by atoms with Crippen molar-refractivity contribution in [1.82, 2.24) is 0 Å². The Kier molecular flexibility index (Phi) is 27.1. The number of halogens is 2. The Hall–Kier alpha value is 0.423. The molecular formula is C26H42Cl2Zr. The zero-order valence-corrected chi connectivity index (χ0v) is 23.3. The van der Waals surface area contributed by atoms with Crippen molar-refractivity contribution >= 4 is 0 Å². The molecule has 0 spiro atoms. The van der Waals surface area contributed by atoms with Gasteiger partial charge in [0.05, 0.1) is 0 Å². The topological polar surface area (TPSA) is 0 Å². The van der Waals surface area contributed by atoms with E-state index in [9.17, 15) is 0 Å². The number of rotatable bonds is 12. The monoisotopic (exact) mass is 514 g/mol. The molecule has 3 heteroatoms. The van der Waals surface area contributed by atoms with Crippen molar-refractivity contribution in [3.8, 4) is 0 Å². The number of hydrogen-bond donors (Lipinski definition) is 0. The van der Waals surface area contributed by atoms with Crippen molar-refractivity contribution in [2.45, 2.75) is 118 Å². The summed E-state index contributed by atoms with van der Waals surface area (Å²) >= 11 is 0. The van der Waals surface area contributed by atoms with Crippen molar-refractivity contribution < 1.29 is 51.0 Å². The fraction of sp³-hybridized carbons (Fsp3) is 0.692. The molecule has 0 aromatic carbocycles. The molecule has 0 radical (unpaired) electrons. The molecule has 0 N–H and O–H groups in total. The first-order chi connectivity index (χ1) is 12.7. The maximum absolute atomic E-state index is 3.54. The van der Waals surface area contributed by atoms with Crippen LogP contribution in [0.25, 0.3) is 0 Å². The first-order valence-corrected chi connectivity index (χ1v) is 11.3. The third-order valence-electron chi connectivity index (χ3n) is 5.13. The molecule has 0 aromatic rings. The summed E-state index contributed by atoms with van der Waals surface area (Å²) in [6, 6.07) is 0. The van der Waals surface area contributed by atoms with Crippen LogP contribution in [-0.2, 0) is 26.2 Å². The van der Waals surface area contributed by atoms with Gasteiger partial charge in [-0.3, -0.25) is 0 Å². The summed E-state index contributed by atoms with van der Waals surface area (Å²) in [6.07, 6.45) is 29.7. The Morgan fingerprint density at radius 2 is 0.897 bits per heavy atom. The van der Waals surface area contributed by atoms with Crippen LogP contribution in [0.3, 0.4) is 0 Å². The molecule has 0 atom stereocenters. The van der Waals surface area contributed by atoms with Gasteiger partial charge in [0.2, 0.25) is 0 Å². The predicted molar refractivity (Wildman–Crippen MR) is 117 cm³/mol. The maximum Gasteiger partial charge on any atom is 4.00 e. The van der Waals surface area contributed by atoms with Gasteiger partial charge in [0.25, 0.3) is 0 Å². The fourth-order valence-corrected chi connectivity index (χ4v) is 3.32. The van der Waals surface area contributed by atoms with E-state index < -0.39 is 0 Å². The molecular weight excluding hydrogens is 474 g/mol. The molecule has 0 unspecified atom stereocenters. The molecule has 164 valence electrons. The molecule has 0 fully saturated rings. The van der Waals surface area contributed by atoms with Crippen LogP contribution in [-0.4, -0.2) is 0 Å². The van der Waals surface area contributed by atoms with Crippen molar-refractivity contribution in [3.63, 3.8) is 0 Å². The van der Waals surface area contributed by atoms with Gasteiger partial charge in [-0.1, -0.05) is 118 Å². The average Bonchev–Trinajstić information content (AvgIpc) is 3.31. The second-order valence-electron chi connectivity index (χ2n) is 7.74. The Labute approximate surface area is 214 Å². The maximum atomic E-state index is 3.54. The van der Waals surface area contributed by atoms with Crippen LogP contribution in [0, 0.1) is 12.2 Å². The zero-order chi connectivity index (χ0) is 19.0. The van der Waals surface area contributed by atoms with Gasteiger partial charge < -0.3 is 24.8 Å². The normalized spacial score (nSPS) is 14.2. The summed E-state index contributed by atoms with van der Waals surface area (Å²) in [5.74, 6) is 0. The van der Waals surface area contributed by atoms with Gasteiger partial charge in [0, 0.05) is 0 Å². The number of allylic oxidation sites excluding steroid dienone is 8. The molecule has 0 amide bonds. The van der Waals surface area contributed by atoms with E-state index in [2.05, 4.69) is 52.0 Å². The molecule has 0 bridgehead atoms. The molecule has 0 nitrogen and oxygen atoms in total. The molecule has 0 saturated heterocycles. The Morgan fingerprint density at radius 3 is 1.21 bits per heavy atom. The van der Waals surface area contributed by atoms with Crippen molar-refractivity contribution in [1.29, 1.82) is 0 Å². The van der Waals surface area contributed by atoms with E-state index in [1.165, 1.54) is 112 Å². The van der Waals surface area contributed by atoms with Gasteiger partial charge in [-0.25, -0.2) is 35.5 Å². The largest absolute Gasteiger partial charge is 4.00 e. The van der Waals surface area contributed by atoms with Gasteiger partial charge in [-0.2, -0.15) is 11.1 Å². The molecule has 0 aromatic heterocycles. The van der Waals surface area contributed by atoms with E-state index in [1.54, 1.807) is 0 Å². The molecule has 29 heavy (non-hydrogen) atoms. The number of unbranched alkanes of at least 4 members (excludes halogenated alkanes) is 4. The third-order valence-corrected chi connectivity index (χ3v) is 5.13. The second kappa shape index (κ2) is 23.1. The summed E-state index contributed by atoms with van der Waals surface area (Å²) in [4.78, 5) is 0. The van der Waals surface area contributed by atoms with Crippen LogP contribution < -0.4 is 24.8 Å². The Bertz CT molecular complexity index is 455. The standard InChI is InChI=1S/2C13H21.2ClH.Zr/c2*1-3-5-7-12-9-10-13(11-12)8-6-4-2;;;/h2*9H,3-8,10H2,1-2H3;2*1H;/q2*-1;;;+4/p-2. The van der Waals surface area contributed by atoms with Gasteiger partial charge in [-0.05, 0) is 0 Å². The first-order valence-electron chi connectivity index (χ1n) is 11.3. The van der Waals surface area contributed by atoms with Crippen LogP contribution in [0.2, 0.25) is 0 Å². The van der Waals surface area contributed by atoms with E-state index in [1.807, 2.05) is 0 Å². The Balaban J connectivity index is -0.000000422. The number of hydrogen-bond acceptors (Lipinski definition) is 0. The van der Waals surface area contributed by atoms with Crippen LogP contribution >= 0.6 is 0 Å². The summed E-state index contributed by atoms with van der Waals surface area (Å²) in [6.45, 7) is 9.00. The van der Waals surface area contributed by atoms with Crippen LogP contribution in [0.4, 0.5) is 0 Å². The quantitative estimate of drug-likeness (QED) is 0.350. The first kappa shape index (κ1) is 34.0. The summed E-state index contributed by atoms with van der Waals surface area (Å²) < 4.78 is 0. The fourth-order valence-electron chi connectivity index (χ4n) is 3.32. The van der Waals surface area contributed by atoms with Crippen molar-refractivity contribution in [2.75, 3.05) is 0 Å². The zero-order valence-electron chi connectivity index (χ0n) is 19.3. The molecule has 0 saturated carbocycles. The minimum atomic E-state index is 0. The van der Waals surface area contributed by atoms with Gasteiger partial charge >= 0.3 is 26.2 Å². The molecule has 0 aliphatic heterocycles. The second-order valence-corrected chi connectivity index (χ2v) is 7.74. The van der Waals surface area contributed by atoms with E-state index in [0.717, 1.165) is 0 Å². The summed E-state index contributed by atoms with van der Waals surface area (Å²) in [5.41, 5.74) is 6.00. The van der Waals surface area contributed by atoms with E-state index in [-0.39, 0.29) is 51.0 Å². The average molecular weight is 517 g/mol. The van der Waals surface area contributed by atoms with Crippen LogP contribution in [0.5, 0.6) is 0 Å². The minimum Gasteiger partial charge on any atom is -1.00 e. The summed E-state index contributed by atoms with van der Waals surface area (Å²) in [7, 11) is 0. The van der Waals surface area contributed by atoms with Crippen molar-refractivity contribution in [3.05, 3.63) is 46.6 Å². The SMILES string of the molecule is CCCCC1=[C-]C(CCCC)=CC1.CCCCC1=[C-]C(CCCC)=CC1.[Cl-].[Cl-].[Zr+4]. The Morgan fingerprint density at radius 1 is 0.586 bits per heavy atom. The van der Waals surface area contributed by atoms with Gasteiger partial charge in [0.1, 0.15) is 0 Å². The van der Waals surface area contributed by atoms with Gasteiger partial charge in [0.15, 0.2) is 0 Å². The van der Waals surface area contributed by atoms with Crippen LogP contribution in [0.15, 0.2) is 34.4 Å². The van der Waals surface area contributed by atoms with E-state index in [0.29, 0.717) is 0 Å². The van der Waals surface area contributed by atoms with Crippen LogP contribution in [0.1, 0.15) is 118 Å². The minimum absolute atomic E-state index is 0. The molecule has 2 aliphatic rings. The molecule has 2 aliphatic carbocycles. The summed E-state index contributed by atoms with van der Waals surface area (Å²) in [5, 5.41) is 0. The molecule has 0 heterocycles. The smallest absolute Gasteiger partial charge is 1.00 e. The van der Waals surface area contributed by atoms with Gasteiger partial charge in [-0.15, -0.1) is 0 Å². The third kappa shape index (κ3) is 16.7. The molecule has 2 rings (SSSR count). The van der Waals surface area contributed by atoms with Crippen molar-refractivity contribution in [2.24, 2.45) is 0 Å². The van der Waals surface area contributed by atoms with E-state index in [4.69, 9.17) is 0 Å².